The third-order valence-electron chi connectivity index (χ3n) is 3.98. The van der Waals surface area contributed by atoms with Gasteiger partial charge in [-0.15, -0.1) is 0 Å². The number of aryl methyl sites for hydroxylation is 2. The van der Waals surface area contributed by atoms with Crippen molar-refractivity contribution in [2.75, 3.05) is 18.0 Å². The average molecular weight is 310 g/mol. The summed E-state index contributed by atoms with van der Waals surface area (Å²) in [6, 6.07) is 8.36. The molecule has 1 aliphatic rings. The Balaban J connectivity index is 1.47. The van der Waals surface area contributed by atoms with E-state index in [0.717, 1.165) is 30.6 Å². The van der Waals surface area contributed by atoms with Gasteiger partial charge in [0.1, 0.15) is 0 Å². The minimum atomic E-state index is 0.0714. The predicted octanol–water partition coefficient (Wildman–Crippen LogP) is 2.05. The molecular formula is C18H22N4O. The van der Waals surface area contributed by atoms with Crippen molar-refractivity contribution >= 4 is 11.6 Å². The van der Waals surface area contributed by atoms with Gasteiger partial charge in [0.15, 0.2) is 0 Å². The zero-order valence-electron chi connectivity index (χ0n) is 13.4. The molecule has 0 saturated heterocycles. The first kappa shape index (κ1) is 15.3. The number of benzene rings is 1. The number of nitrogens with one attached hydrogen (secondary N) is 1. The Morgan fingerprint density at radius 1 is 1.26 bits per heavy atom. The largest absolute Gasteiger partial charge is 0.364 e. The van der Waals surface area contributed by atoms with Crippen LogP contribution in [0.5, 0.6) is 0 Å². The van der Waals surface area contributed by atoms with E-state index in [1.807, 2.05) is 25.4 Å². The maximum absolute atomic E-state index is 12.0. The summed E-state index contributed by atoms with van der Waals surface area (Å²) in [6.45, 7) is 2.49. The maximum atomic E-state index is 12.0. The molecule has 1 amide bonds. The molecule has 0 atom stereocenters. The Labute approximate surface area is 136 Å². The third kappa shape index (κ3) is 4.22. The molecule has 2 aromatic rings. The topological polar surface area (TPSA) is 50.2 Å². The van der Waals surface area contributed by atoms with Gasteiger partial charge in [-0.1, -0.05) is 24.3 Å². The van der Waals surface area contributed by atoms with E-state index >= 15 is 0 Å². The van der Waals surface area contributed by atoms with E-state index in [0.29, 0.717) is 13.0 Å². The van der Waals surface area contributed by atoms with E-state index in [1.165, 1.54) is 5.69 Å². The summed E-state index contributed by atoms with van der Waals surface area (Å²) >= 11 is 0. The molecule has 0 unspecified atom stereocenters. The summed E-state index contributed by atoms with van der Waals surface area (Å²) in [5.74, 6) is 0.0714. The molecular weight excluding hydrogens is 288 g/mol. The van der Waals surface area contributed by atoms with Gasteiger partial charge in [-0.25, -0.2) is 0 Å². The minimum absolute atomic E-state index is 0.0714. The van der Waals surface area contributed by atoms with Crippen LogP contribution in [-0.4, -0.2) is 28.8 Å². The van der Waals surface area contributed by atoms with Gasteiger partial charge in [-0.2, -0.15) is 5.10 Å². The highest BCUT2D eigenvalue weighted by molar-refractivity contribution is 5.76. The molecule has 2 heterocycles. The molecule has 0 fully saturated rings. The highest BCUT2D eigenvalue weighted by Gasteiger charge is 2.08. The van der Waals surface area contributed by atoms with E-state index in [4.69, 9.17) is 0 Å². The van der Waals surface area contributed by atoms with Gasteiger partial charge in [0.05, 0.1) is 6.20 Å². The Morgan fingerprint density at radius 2 is 2.09 bits per heavy atom. The summed E-state index contributed by atoms with van der Waals surface area (Å²) in [5, 5.41) is 7.10. The van der Waals surface area contributed by atoms with Gasteiger partial charge in [0.25, 0.3) is 0 Å². The molecule has 0 saturated carbocycles. The van der Waals surface area contributed by atoms with Crippen LogP contribution in [0.2, 0.25) is 0 Å². The van der Waals surface area contributed by atoms with Gasteiger partial charge < -0.3 is 10.2 Å². The number of hydrogen-bond donors (Lipinski definition) is 1. The molecule has 5 nitrogen and oxygen atoms in total. The van der Waals surface area contributed by atoms with Crippen LogP contribution in [0.1, 0.15) is 17.5 Å². The minimum Gasteiger partial charge on any atom is -0.364 e. The zero-order chi connectivity index (χ0) is 16.1. The van der Waals surface area contributed by atoms with Crippen LogP contribution >= 0.6 is 0 Å². The zero-order valence-corrected chi connectivity index (χ0v) is 13.4. The number of carbonyl (C=O) groups excluding carboxylic acids is 1. The lowest BCUT2D eigenvalue weighted by Crippen LogP contribution is -2.23. The monoisotopic (exact) mass is 310 g/mol. The summed E-state index contributed by atoms with van der Waals surface area (Å²) in [6.07, 6.45) is 9.31. The fraction of sp³-hybridized carbons (Fsp3) is 0.333. The van der Waals surface area contributed by atoms with E-state index in [-0.39, 0.29) is 5.91 Å². The summed E-state index contributed by atoms with van der Waals surface area (Å²) < 4.78 is 1.76. The fourth-order valence-corrected chi connectivity index (χ4v) is 2.70. The second-order valence-electron chi connectivity index (χ2n) is 5.85. The summed E-state index contributed by atoms with van der Waals surface area (Å²) in [4.78, 5) is 14.3. The van der Waals surface area contributed by atoms with Gasteiger partial charge in [0, 0.05) is 45.0 Å². The van der Waals surface area contributed by atoms with Gasteiger partial charge in [-0.05, 0) is 29.7 Å². The van der Waals surface area contributed by atoms with Crippen molar-refractivity contribution in [1.82, 2.24) is 15.1 Å². The van der Waals surface area contributed by atoms with Crippen molar-refractivity contribution in [2.45, 2.75) is 19.4 Å². The Hall–Kier alpha value is -2.56. The SMILES string of the molecule is Cn1cc(CCC(=O)NCc2cccc(N3CC=CC3)c2)cn1. The van der Waals surface area contributed by atoms with Crippen LogP contribution in [0, 0.1) is 0 Å². The average Bonchev–Trinajstić information content (AvgIpc) is 3.23. The van der Waals surface area contributed by atoms with Crippen molar-refractivity contribution in [3.05, 3.63) is 59.9 Å². The van der Waals surface area contributed by atoms with Crippen LogP contribution < -0.4 is 10.2 Å². The normalized spacial score (nSPS) is 13.5. The van der Waals surface area contributed by atoms with Crippen molar-refractivity contribution in [3.8, 4) is 0 Å². The lowest BCUT2D eigenvalue weighted by Gasteiger charge is -2.18. The number of nitrogens with zero attached hydrogens (tertiary/aromatic N) is 3. The van der Waals surface area contributed by atoms with Crippen LogP contribution in [0.3, 0.4) is 0 Å². The molecule has 5 heteroatoms. The van der Waals surface area contributed by atoms with E-state index in [2.05, 4.69) is 39.6 Å². The molecule has 0 radical (unpaired) electrons. The van der Waals surface area contributed by atoms with Crippen molar-refractivity contribution in [2.24, 2.45) is 7.05 Å². The van der Waals surface area contributed by atoms with Crippen molar-refractivity contribution in [1.29, 1.82) is 0 Å². The van der Waals surface area contributed by atoms with Gasteiger partial charge in [-0.3, -0.25) is 9.48 Å². The number of hydrogen-bond acceptors (Lipinski definition) is 3. The number of carbonyl (C=O) groups is 1. The molecule has 1 N–H and O–H groups in total. The highest BCUT2D eigenvalue weighted by Crippen LogP contribution is 2.18. The number of anilines is 1. The van der Waals surface area contributed by atoms with E-state index in [1.54, 1.807) is 10.9 Å². The quantitative estimate of drug-likeness (QED) is 0.831. The first-order valence-electron chi connectivity index (χ1n) is 7.94. The van der Waals surface area contributed by atoms with E-state index < -0.39 is 0 Å². The molecule has 120 valence electrons. The second-order valence-corrected chi connectivity index (χ2v) is 5.85. The number of rotatable bonds is 6. The molecule has 0 bridgehead atoms. The van der Waals surface area contributed by atoms with Crippen molar-refractivity contribution in [3.63, 3.8) is 0 Å². The summed E-state index contributed by atoms with van der Waals surface area (Å²) in [7, 11) is 1.88. The molecule has 1 aliphatic heterocycles. The van der Waals surface area contributed by atoms with Crippen molar-refractivity contribution < 1.29 is 4.79 Å². The first-order valence-corrected chi connectivity index (χ1v) is 7.94. The first-order chi connectivity index (χ1) is 11.2. The Bertz CT molecular complexity index is 697. The van der Waals surface area contributed by atoms with Gasteiger partial charge in [0.2, 0.25) is 5.91 Å². The standard InChI is InChI=1S/C18H22N4O/c1-21-14-16(13-20-21)7-8-18(23)19-12-15-5-4-6-17(11-15)22-9-2-3-10-22/h2-6,11,13-14H,7-10,12H2,1H3,(H,19,23). The number of amides is 1. The third-order valence-corrected chi connectivity index (χ3v) is 3.98. The molecule has 0 aliphatic carbocycles. The smallest absolute Gasteiger partial charge is 0.220 e. The van der Waals surface area contributed by atoms with Gasteiger partial charge >= 0.3 is 0 Å². The molecule has 0 spiro atoms. The maximum Gasteiger partial charge on any atom is 0.220 e. The lowest BCUT2D eigenvalue weighted by molar-refractivity contribution is -0.121. The molecule has 3 rings (SSSR count). The molecule has 23 heavy (non-hydrogen) atoms. The summed E-state index contributed by atoms with van der Waals surface area (Å²) in [5.41, 5.74) is 3.42. The Morgan fingerprint density at radius 3 is 2.83 bits per heavy atom. The predicted molar refractivity (Wildman–Crippen MR) is 91.2 cm³/mol. The highest BCUT2D eigenvalue weighted by atomic mass is 16.1. The van der Waals surface area contributed by atoms with Crippen LogP contribution in [-0.2, 0) is 24.8 Å². The van der Waals surface area contributed by atoms with Crippen LogP contribution in [0.15, 0.2) is 48.8 Å². The van der Waals surface area contributed by atoms with E-state index in [9.17, 15) is 4.79 Å². The number of aromatic nitrogens is 2. The Kier molecular flexibility index (Phi) is 4.76. The lowest BCUT2D eigenvalue weighted by atomic mass is 10.1. The molecule has 1 aromatic heterocycles. The molecule has 1 aromatic carbocycles. The van der Waals surface area contributed by atoms with Crippen LogP contribution in [0.25, 0.3) is 0 Å². The second kappa shape index (κ2) is 7.13. The fourth-order valence-electron chi connectivity index (χ4n) is 2.70. The van der Waals surface area contributed by atoms with Crippen LogP contribution in [0.4, 0.5) is 5.69 Å².